The molecule has 0 aliphatic rings. The number of carboxylic acids is 1. The Morgan fingerprint density at radius 1 is 1.33 bits per heavy atom. The van der Waals surface area contributed by atoms with Crippen molar-refractivity contribution in [1.82, 2.24) is 4.98 Å². The first-order chi connectivity index (χ1) is 8.59. The van der Waals surface area contributed by atoms with Gasteiger partial charge >= 0.3 is 5.97 Å². The quantitative estimate of drug-likeness (QED) is 0.810. The van der Waals surface area contributed by atoms with Crippen LogP contribution in [0.25, 0.3) is 0 Å². The van der Waals surface area contributed by atoms with E-state index < -0.39 is 5.97 Å². The predicted molar refractivity (Wildman–Crippen MR) is 66.9 cm³/mol. The molecular weight excluding hydrogens is 232 g/mol. The Bertz CT molecular complexity index is 597. The minimum Gasteiger partial charge on any atom is -0.478 e. The SMILES string of the molecule is Cc1ncccc1Oc1c(N)cccc1C(=O)O. The van der Waals surface area contributed by atoms with E-state index in [1.54, 1.807) is 37.4 Å². The van der Waals surface area contributed by atoms with Crippen LogP contribution in [0.3, 0.4) is 0 Å². The lowest BCUT2D eigenvalue weighted by Gasteiger charge is -2.12. The van der Waals surface area contributed by atoms with E-state index in [0.717, 1.165) is 0 Å². The largest absolute Gasteiger partial charge is 0.478 e. The van der Waals surface area contributed by atoms with Crippen LogP contribution >= 0.6 is 0 Å². The Kier molecular flexibility index (Phi) is 3.14. The van der Waals surface area contributed by atoms with Gasteiger partial charge in [0.2, 0.25) is 0 Å². The molecule has 5 heteroatoms. The van der Waals surface area contributed by atoms with E-state index in [1.807, 2.05) is 0 Å². The van der Waals surface area contributed by atoms with Crippen LogP contribution in [0, 0.1) is 6.92 Å². The van der Waals surface area contributed by atoms with Gasteiger partial charge < -0.3 is 15.6 Å². The number of aromatic carboxylic acids is 1. The second-order valence-electron chi connectivity index (χ2n) is 3.72. The lowest BCUT2D eigenvalue weighted by molar-refractivity contribution is 0.0694. The van der Waals surface area contributed by atoms with E-state index in [1.165, 1.54) is 6.07 Å². The highest BCUT2D eigenvalue weighted by Crippen LogP contribution is 2.32. The molecule has 0 fully saturated rings. The summed E-state index contributed by atoms with van der Waals surface area (Å²) < 4.78 is 5.56. The van der Waals surface area contributed by atoms with Crippen LogP contribution in [0.5, 0.6) is 11.5 Å². The van der Waals surface area contributed by atoms with Crippen LogP contribution in [-0.4, -0.2) is 16.1 Å². The van der Waals surface area contributed by atoms with Crippen molar-refractivity contribution in [1.29, 1.82) is 0 Å². The zero-order chi connectivity index (χ0) is 13.1. The van der Waals surface area contributed by atoms with E-state index in [9.17, 15) is 4.79 Å². The molecule has 18 heavy (non-hydrogen) atoms. The summed E-state index contributed by atoms with van der Waals surface area (Å²) in [6.45, 7) is 1.77. The maximum Gasteiger partial charge on any atom is 0.339 e. The average molecular weight is 244 g/mol. The van der Waals surface area contributed by atoms with E-state index >= 15 is 0 Å². The highest BCUT2D eigenvalue weighted by molar-refractivity contribution is 5.93. The van der Waals surface area contributed by atoms with Crippen molar-refractivity contribution in [3.63, 3.8) is 0 Å². The standard InChI is InChI=1S/C13H12N2O3/c1-8-11(6-3-7-15-8)18-12-9(13(16)17)4-2-5-10(12)14/h2-7H,14H2,1H3,(H,16,17). The summed E-state index contributed by atoms with van der Waals surface area (Å²) >= 11 is 0. The molecule has 1 aromatic carbocycles. The number of nitrogens with zero attached hydrogens (tertiary/aromatic N) is 1. The van der Waals surface area contributed by atoms with Gasteiger partial charge in [0.15, 0.2) is 5.75 Å². The fraction of sp³-hybridized carbons (Fsp3) is 0.0769. The van der Waals surface area contributed by atoms with Crippen molar-refractivity contribution < 1.29 is 14.6 Å². The van der Waals surface area contributed by atoms with Gasteiger partial charge in [-0.25, -0.2) is 4.79 Å². The highest BCUT2D eigenvalue weighted by atomic mass is 16.5. The van der Waals surface area contributed by atoms with Gasteiger partial charge in [-0.3, -0.25) is 4.98 Å². The molecule has 2 rings (SSSR count). The average Bonchev–Trinajstić information content (AvgIpc) is 2.34. The first-order valence-electron chi connectivity index (χ1n) is 5.31. The Labute approximate surface area is 104 Å². The van der Waals surface area contributed by atoms with E-state index in [-0.39, 0.29) is 17.0 Å². The van der Waals surface area contributed by atoms with Crippen LogP contribution in [0.2, 0.25) is 0 Å². The van der Waals surface area contributed by atoms with Gasteiger partial charge in [0.05, 0.1) is 11.4 Å². The number of carbonyl (C=O) groups is 1. The molecule has 0 aliphatic carbocycles. The van der Waals surface area contributed by atoms with Crippen LogP contribution in [-0.2, 0) is 0 Å². The summed E-state index contributed by atoms with van der Waals surface area (Å²) in [6, 6.07) is 8.03. The molecule has 92 valence electrons. The van der Waals surface area contributed by atoms with Gasteiger partial charge in [-0.2, -0.15) is 0 Å². The van der Waals surface area contributed by atoms with Crippen molar-refractivity contribution in [3.05, 3.63) is 47.8 Å². The third-order valence-electron chi connectivity index (χ3n) is 2.45. The number of aryl methyl sites for hydroxylation is 1. The fourth-order valence-electron chi connectivity index (χ4n) is 1.52. The maximum atomic E-state index is 11.1. The molecule has 0 amide bonds. The third kappa shape index (κ3) is 2.24. The summed E-state index contributed by atoms with van der Waals surface area (Å²) in [5, 5.41) is 9.09. The van der Waals surface area contributed by atoms with Crippen LogP contribution in [0.4, 0.5) is 5.69 Å². The molecule has 0 saturated carbocycles. The summed E-state index contributed by atoms with van der Waals surface area (Å²) in [6.07, 6.45) is 1.63. The molecule has 1 heterocycles. The van der Waals surface area contributed by atoms with Crippen molar-refractivity contribution in [2.45, 2.75) is 6.92 Å². The number of rotatable bonds is 3. The number of aromatic nitrogens is 1. The number of benzene rings is 1. The second kappa shape index (κ2) is 4.75. The number of nitrogens with two attached hydrogens (primary N) is 1. The molecule has 0 spiro atoms. The molecule has 1 aromatic heterocycles. The summed E-state index contributed by atoms with van der Waals surface area (Å²) in [4.78, 5) is 15.2. The zero-order valence-corrected chi connectivity index (χ0v) is 9.75. The minimum atomic E-state index is -1.08. The number of nitrogen functional groups attached to an aromatic ring is 1. The number of pyridine rings is 1. The van der Waals surface area contributed by atoms with E-state index in [4.69, 9.17) is 15.6 Å². The highest BCUT2D eigenvalue weighted by Gasteiger charge is 2.15. The van der Waals surface area contributed by atoms with Crippen molar-refractivity contribution in [3.8, 4) is 11.5 Å². The van der Waals surface area contributed by atoms with E-state index in [2.05, 4.69) is 4.98 Å². The first-order valence-corrected chi connectivity index (χ1v) is 5.31. The normalized spacial score (nSPS) is 10.1. The molecule has 0 saturated heterocycles. The smallest absolute Gasteiger partial charge is 0.339 e. The fourth-order valence-corrected chi connectivity index (χ4v) is 1.52. The van der Waals surface area contributed by atoms with Gasteiger partial charge in [-0.15, -0.1) is 0 Å². The molecule has 0 unspecified atom stereocenters. The molecule has 0 aliphatic heterocycles. The van der Waals surface area contributed by atoms with Crippen molar-refractivity contribution >= 4 is 11.7 Å². The number of ether oxygens (including phenoxy) is 1. The molecule has 5 nitrogen and oxygen atoms in total. The van der Waals surface area contributed by atoms with Gasteiger partial charge in [-0.05, 0) is 31.2 Å². The molecule has 0 bridgehead atoms. The number of hydrogen-bond acceptors (Lipinski definition) is 4. The first kappa shape index (κ1) is 11.9. The molecule has 3 N–H and O–H groups in total. The van der Waals surface area contributed by atoms with Gasteiger partial charge in [0, 0.05) is 6.20 Å². The van der Waals surface area contributed by atoms with Gasteiger partial charge in [-0.1, -0.05) is 6.07 Å². The molecule has 2 aromatic rings. The zero-order valence-electron chi connectivity index (χ0n) is 9.75. The summed E-state index contributed by atoms with van der Waals surface area (Å²) in [5.41, 5.74) is 6.71. The summed E-state index contributed by atoms with van der Waals surface area (Å²) in [7, 11) is 0. The Balaban J connectivity index is 2.46. The number of para-hydroxylation sites is 1. The number of hydrogen-bond donors (Lipinski definition) is 2. The maximum absolute atomic E-state index is 11.1. The summed E-state index contributed by atoms with van der Waals surface area (Å²) in [5.74, 6) is -0.460. The molecular formula is C13H12N2O3. The molecule has 0 atom stereocenters. The second-order valence-corrected chi connectivity index (χ2v) is 3.72. The predicted octanol–water partition coefficient (Wildman–Crippen LogP) is 2.46. The number of anilines is 1. The minimum absolute atomic E-state index is 0.0262. The van der Waals surface area contributed by atoms with Crippen molar-refractivity contribution in [2.75, 3.05) is 5.73 Å². The monoisotopic (exact) mass is 244 g/mol. The van der Waals surface area contributed by atoms with Crippen LogP contribution in [0.15, 0.2) is 36.5 Å². The lowest BCUT2D eigenvalue weighted by Crippen LogP contribution is -2.03. The molecule has 0 radical (unpaired) electrons. The van der Waals surface area contributed by atoms with Crippen LogP contribution < -0.4 is 10.5 Å². The third-order valence-corrected chi connectivity index (χ3v) is 2.45. The lowest BCUT2D eigenvalue weighted by atomic mass is 10.1. The van der Waals surface area contributed by atoms with Crippen molar-refractivity contribution in [2.24, 2.45) is 0 Å². The van der Waals surface area contributed by atoms with Crippen LogP contribution in [0.1, 0.15) is 16.1 Å². The van der Waals surface area contributed by atoms with E-state index in [0.29, 0.717) is 11.4 Å². The Morgan fingerprint density at radius 3 is 2.78 bits per heavy atom. The number of carboxylic acid groups (broad SMARTS) is 1. The topological polar surface area (TPSA) is 85.4 Å². The Hall–Kier alpha value is -2.56. The van der Waals surface area contributed by atoms with Gasteiger partial charge in [0.25, 0.3) is 0 Å². The Morgan fingerprint density at radius 2 is 2.11 bits per heavy atom. The van der Waals surface area contributed by atoms with Gasteiger partial charge in [0.1, 0.15) is 11.3 Å².